The Balaban J connectivity index is 2.75. The van der Waals surface area contributed by atoms with Gasteiger partial charge >= 0.3 is 0 Å². The van der Waals surface area contributed by atoms with E-state index >= 15 is 0 Å². The first-order chi connectivity index (χ1) is 9.93. The Kier molecular flexibility index (Phi) is 7.19. The Bertz CT molecular complexity index is 516. The second-order valence-corrected chi connectivity index (χ2v) is 8.00. The summed E-state index contributed by atoms with van der Waals surface area (Å²) in [6.45, 7) is 6.00. The zero-order valence-electron chi connectivity index (χ0n) is 13.2. The smallest absolute Gasteiger partial charge is 0.243 e. The number of aromatic nitrogens is 2. The summed E-state index contributed by atoms with van der Waals surface area (Å²) < 4.78 is 29.0. The fourth-order valence-corrected chi connectivity index (χ4v) is 3.97. The van der Waals surface area contributed by atoms with E-state index in [4.69, 9.17) is 0 Å². The van der Waals surface area contributed by atoms with Gasteiger partial charge in [-0.2, -0.15) is 16.9 Å². The summed E-state index contributed by atoms with van der Waals surface area (Å²) in [6, 6.07) is 0. The van der Waals surface area contributed by atoms with Crippen molar-refractivity contribution < 1.29 is 8.42 Å². The first kappa shape index (κ1) is 18.5. The van der Waals surface area contributed by atoms with Crippen molar-refractivity contribution in [2.24, 2.45) is 0 Å². The summed E-state index contributed by atoms with van der Waals surface area (Å²) >= 11 is 1.71. The summed E-state index contributed by atoms with van der Waals surface area (Å²) in [6.07, 6.45) is 6.84. The second kappa shape index (κ2) is 8.17. The highest BCUT2D eigenvalue weighted by Crippen LogP contribution is 2.30. The number of sulfonamides is 1. The van der Waals surface area contributed by atoms with Gasteiger partial charge in [0.25, 0.3) is 0 Å². The molecule has 1 aromatic rings. The van der Waals surface area contributed by atoms with Gasteiger partial charge in [0.15, 0.2) is 0 Å². The van der Waals surface area contributed by atoms with Crippen molar-refractivity contribution >= 4 is 21.8 Å². The fourth-order valence-electron chi connectivity index (χ4n) is 2.00. The number of rotatable bonds is 10. The molecule has 1 aromatic heterocycles. The Labute approximate surface area is 132 Å². The molecule has 1 rings (SSSR count). The van der Waals surface area contributed by atoms with Crippen LogP contribution in [0.1, 0.15) is 26.7 Å². The van der Waals surface area contributed by atoms with Crippen molar-refractivity contribution in [2.75, 3.05) is 26.4 Å². The topological polar surface area (TPSA) is 76.0 Å². The second-order valence-electron chi connectivity index (χ2n) is 4.96. The van der Waals surface area contributed by atoms with Crippen LogP contribution in [0.2, 0.25) is 0 Å². The van der Waals surface area contributed by atoms with Crippen molar-refractivity contribution in [3.05, 3.63) is 12.4 Å². The molecule has 0 aliphatic rings. The Hall–Kier alpha value is -0.570. The Morgan fingerprint density at radius 1 is 1.38 bits per heavy atom. The first-order valence-electron chi connectivity index (χ1n) is 7.15. The highest BCUT2D eigenvalue weighted by Gasteiger charge is 2.28. The molecule has 0 aliphatic carbocycles. The van der Waals surface area contributed by atoms with Gasteiger partial charge in [-0.25, -0.2) is 13.1 Å². The zero-order chi connectivity index (χ0) is 15.9. The molecular weight excluding hydrogens is 308 g/mol. The molecule has 0 unspecified atom stereocenters. The van der Waals surface area contributed by atoms with Crippen molar-refractivity contribution in [2.45, 2.75) is 42.9 Å². The van der Waals surface area contributed by atoms with Crippen molar-refractivity contribution in [3.63, 3.8) is 0 Å². The van der Waals surface area contributed by atoms with Crippen molar-refractivity contribution in [3.8, 4) is 0 Å². The molecule has 0 radical (unpaired) electrons. The van der Waals surface area contributed by atoms with E-state index in [0.29, 0.717) is 13.1 Å². The minimum Gasteiger partial charge on any atom is -0.318 e. The SMILES string of the molecule is CCC(CC)(CNS(=O)(=O)c1cnn(CCNC)c1)SC. The van der Waals surface area contributed by atoms with Gasteiger partial charge in [0.1, 0.15) is 4.90 Å². The Morgan fingerprint density at radius 2 is 2.05 bits per heavy atom. The van der Waals surface area contributed by atoms with Crippen molar-refractivity contribution in [1.82, 2.24) is 19.8 Å². The van der Waals surface area contributed by atoms with Crippen LogP contribution >= 0.6 is 11.8 Å². The number of thioether (sulfide) groups is 1. The summed E-state index contributed by atoms with van der Waals surface area (Å²) in [5.74, 6) is 0. The van der Waals surface area contributed by atoms with E-state index in [0.717, 1.165) is 19.4 Å². The minimum atomic E-state index is -3.50. The number of nitrogens with zero attached hydrogens (tertiary/aromatic N) is 2. The lowest BCUT2D eigenvalue weighted by Crippen LogP contribution is -2.39. The lowest BCUT2D eigenvalue weighted by molar-refractivity contribution is 0.522. The van der Waals surface area contributed by atoms with Crippen LogP contribution in [0, 0.1) is 0 Å². The van der Waals surface area contributed by atoms with Gasteiger partial charge in [0.2, 0.25) is 10.0 Å². The highest BCUT2D eigenvalue weighted by atomic mass is 32.2. The summed E-state index contributed by atoms with van der Waals surface area (Å²) in [5, 5.41) is 7.08. The number of hydrogen-bond donors (Lipinski definition) is 2. The van der Waals surface area contributed by atoms with E-state index in [1.165, 1.54) is 6.20 Å². The molecule has 0 atom stereocenters. The van der Waals surface area contributed by atoms with Gasteiger partial charge in [-0.3, -0.25) is 4.68 Å². The predicted octanol–water partition coefficient (Wildman–Crippen LogP) is 1.30. The van der Waals surface area contributed by atoms with Gasteiger partial charge in [-0.15, -0.1) is 0 Å². The van der Waals surface area contributed by atoms with E-state index < -0.39 is 10.0 Å². The van der Waals surface area contributed by atoms with Crippen LogP contribution in [0.3, 0.4) is 0 Å². The largest absolute Gasteiger partial charge is 0.318 e. The number of hydrogen-bond acceptors (Lipinski definition) is 5. The van der Waals surface area contributed by atoms with Gasteiger partial charge in [-0.1, -0.05) is 13.8 Å². The summed E-state index contributed by atoms with van der Waals surface area (Å²) in [4.78, 5) is 0.223. The van der Waals surface area contributed by atoms with E-state index in [9.17, 15) is 8.42 Å². The zero-order valence-corrected chi connectivity index (χ0v) is 14.9. The molecule has 122 valence electrons. The van der Waals surface area contributed by atoms with E-state index in [1.807, 2.05) is 13.3 Å². The monoisotopic (exact) mass is 334 g/mol. The lowest BCUT2D eigenvalue weighted by atomic mass is 10.0. The quantitative estimate of drug-likeness (QED) is 0.674. The molecule has 0 aromatic carbocycles. The molecule has 0 fully saturated rings. The lowest BCUT2D eigenvalue weighted by Gasteiger charge is -2.29. The molecular formula is C13H26N4O2S2. The minimum absolute atomic E-state index is 0.0464. The maximum Gasteiger partial charge on any atom is 0.243 e. The third-order valence-corrected chi connectivity index (χ3v) is 6.76. The third kappa shape index (κ3) is 4.98. The summed E-state index contributed by atoms with van der Waals surface area (Å²) in [5.41, 5.74) is 0. The normalized spacial score (nSPS) is 12.8. The van der Waals surface area contributed by atoms with Gasteiger partial charge in [-0.05, 0) is 26.1 Å². The van der Waals surface area contributed by atoms with E-state index in [1.54, 1.807) is 22.6 Å². The van der Waals surface area contributed by atoms with E-state index in [-0.39, 0.29) is 9.64 Å². The summed E-state index contributed by atoms with van der Waals surface area (Å²) in [7, 11) is -1.65. The average molecular weight is 335 g/mol. The van der Waals surface area contributed by atoms with Gasteiger partial charge in [0.05, 0.1) is 12.7 Å². The van der Waals surface area contributed by atoms with Crippen LogP contribution in [0.25, 0.3) is 0 Å². The fraction of sp³-hybridized carbons (Fsp3) is 0.769. The van der Waals surface area contributed by atoms with Gasteiger partial charge < -0.3 is 5.32 Å². The van der Waals surface area contributed by atoms with E-state index in [2.05, 4.69) is 29.0 Å². The first-order valence-corrected chi connectivity index (χ1v) is 9.85. The molecule has 2 N–H and O–H groups in total. The van der Waals surface area contributed by atoms with Crippen LogP contribution in [0.5, 0.6) is 0 Å². The predicted molar refractivity (Wildman–Crippen MR) is 88.2 cm³/mol. The molecule has 0 spiro atoms. The Morgan fingerprint density at radius 3 is 2.57 bits per heavy atom. The molecule has 21 heavy (non-hydrogen) atoms. The maximum absolute atomic E-state index is 12.3. The van der Waals surface area contributed by atoms with Crippen LogP contribution < -0.4 is 10.0 Å². The number of nitrogens with one attached hydrogen (secondary N) is 2. The van der Waals surface area contributed by atoms with Crippen LogP contribution in [-0.2, 0) is 16.6 Å². The van der Waals surface area contributed by atoms with Gasteiger partial charge in [0, 0.05) is 24.0 Å². The number of likely N-dealkylation sites (N-methyl/N-ethyl adjacent to an activating group) is 1. The van der Waals surface area contributed by atoms with Crippen LogP contribution in [0.15, 0.2) is 17.3 Å². The molecule has 1 heterocycles. The molecule has 8 heteroatoms. The molecule has 0 amide bonds. The molecule has 0 saturated carbocycles. The highest BCUT2D eigenvalue weighted by molar-refractivity contribution is 8.00. The standard InChI is InChI=1S/C13H26N4O2S2/c1-5-13(6-2,20-4)11-16-21(18,19)12-9-15-17(10-12)8-7-14-3/h9-10,14,16H,5-8,11H2,1-4H3. The molecule has 6 nitrogen and oxygen atoms in total. The van der Waals surface area contributed by atoms with Crippen LogP contribution in [0.4, 0.5) is 0 Å². The van der Waals surface area contributed by atoms with Crippen LogP contribution in [-0.4, -0.2) is 49.3 Å². The maximum atomic E-state index is 12.3. The van der Waals surface area contributed by atoms with Crippen molar-refractivity contribution in [1.29, 1.82) is 0 Å². The third-order valence-electron chi connectivity index (χ3n) is 3.82. The molecule has 0 bridgehead atoms. The molecule has 0 saturated heterocycles. The average Bonchev–Trinajstić information content (AvgIpc) is 2.97. The molecule has 0 aliphatic heterocycles.